The van der Waals surface area contributed by atoms with E-state index in [0.29, 0.717) is 23.5 Å². The number of nitrogens with zero attached hydrogens (tertiary/aromatic N) is 1. The van der Waals surface area contributed by atoms with Crippen LogP contribution >= 0.6 is 46.4 Å². The Hall–Kier alpha value is -4.66. The molecule has 0 saturated heterocycles. The summed E-state index contributed by atoms with van der Waals surface area (Å²) in [5.41, 5.74) is 1.67. The summed E-state index contributed by atoms with van der Waals surface area (Å²) < 4.78 is 40.0. The molecule has 1 unspecified atom stereocenters. The number of aromatic amines is 1. The highest BCUT2D eigenvalue weighted by atomic mass is 35.5. The van der Waals surface area contributed by atoms with Crippen molar-refractivity contribution in [3.8, 4) is 17.2 Å². The van der Waals surface area contributed by atoms with Crippen molar-refractivity contribution < 1.29 is 26.9 Å². The Bertz CT molecular complexity index is 2570. The van der Waals surface area contributed by atoms with Crippen molar-refractivity contribution in [2.75, 3.05) is 16.0 Å². The summed E-state index contributed by atoms with van der Waals surface area (Å²) in [6, 6.07) is 18.6. The van der Waals surface area contributed by atoms with E-state index in [-0.39, 0.29) is 58.9 Å². The van der Waals surface area contributed by atoms with Gasteiger partial charge in [0.05, 0.1) is 20.8 Å². The molecule has 12 nitrogen and oxygen atoms in total. The number of nitrogens with one attached hydrogen (secondary N) is 4. The molecule has 0 aliphatic heterocycles. The van der Waals surface area contributed by atoms with Crippen LogP contribution in [0.4, 0.5) is 22.9 Å². The number of hydrogen-bond acceptors (Lipinski definition) is 8. The first-order valence-corrected chi connectivity index (χ1v) is 22.0. The van der Waals surface area contributed by atoms with E-state index in [4.69, 9.17) is 55.3 Å². The van der Waals surface area contributed by atoms with E-state index in [1.807, 2.05) is 13.0 Å². The topological polar surface area (TPSA) is 161 Å². The predicted molar refractivity (Wildman–Crippen MR) is 241 cm³/mol. The first-order valence-electron chi connectivity index (χ1n) is 19.1. The highest BCUT2D eigenvalue weighted by Crippen LogP contribution is 2.40. The van der Waals surface area contributed by atoms with Crippen molar-refractivity contribution in [1.29, 1.82) is 0 Å². The van der Waals surface area contributed by atoms with Crippen molar-refractivity contribution in [2.45, 2.75) is 96.5 Å². The molecule has 0 bridgehead atoms. The Balaban J connectivity index is 1.49. The van der Waals surface area contributed by atoms with E-state index < -0.39 is 33.4 Å². The van der Waals surface area contributed by atoms with E-state index in [1.54, 1.807) is 6.07 Å². The van der Waals surface area contributed by atoms with Crippen molar-refractivity contribution in [2.24, 2.45) is 0 Å². The van der Waals surface area contributed by atoms with Gasteiger partial charge in [-0.15, -0.1) is 0 Å². The summed E-state index contributed by atoms with van der Waals surface area (Å²) in [4.78, 5) is 39.0. The second-order valence-corrected chi connectivity index (χ2v) is 18.6. The van der Waals surface area contributed by atoms with Crippen molar-refractivity contribution in [3.05, 3.63) is 114 Å². The SMILES string of the molecule is CCC(Oc1ccc(C(C)(C)CC)cc1C(C)(C)CC)C(=O)Nc1ccc(Cl)c(Nc2[nH]n(-c3c(Cl)cc(Cl)cc3Cl)c(=O)c2OS(=O)(=O)c2ccc(NC(C)=O)cc2)c1. The normalized spacial score (nSPS) is 12.5. The van der Waals surface area contributed by atoms with Crippen molar-refractivity contribution in [3.63, 3.8) is 0 Å². The van der Waals surface area contributed by atoms with E-state index in [2.05, 4.69) is 74.7 Å². The summed E-state index contributed by atoms with van der Waals surface area (Å²) in [5, 5.41) is 11.4. The maximum atomic E-state index is 14.0. The number of H-pyrrole nitrogens is 1. The van der Waals surface area contributed by atoms with Gasteiger partial charge in [-0.2, -0.15) is 8.42 Å². The standard InChI is InChI=1S/C43H47Cl4N5O7S/c1-9-35(58-36-19-12-25(42(5,6)10-2)20-30(36)43(7,8)11-3)40(54)49-28-15-18-31(45)34(23-28)50-39-38(41(55)52(51-39)37-32(46)21-26(44)22-33(37)47)59-60(56,57)29-16-13-27(14-17-29)48-24(4)53/h12-23,35,50-51H,9-11H2,1-8H3,(H,48,53)(H,49,54). The molecule has 17 heteroatoms. The lowest BCUT2D eigenvalue weighted by molar-refractivity contribution is -0.122. The third-order valence-electron chi connectivity index (χ3n) is 10.4. The second kappa shape index (κ2) is 18.5. The Labute approximate surface area is 370 Å². The van der Waals surface area contributed by atoms with Crippen LogP contribution in [0.2, 0.25) is 20.1 Å². The molecule has 1 heterocycles. The molecule has 60 heavy (non-hydrogen) atoms. The van der Waals surface area contributed by atoms with E-state index in [0.717, 1.165) is 23.1 Å². The quantitative estimate of drug-likeness (QED) is 0.0712. The molecule has 0 radical (unpaired) electrons. The third-order valence-corrected chi connectivity index (χ3v) is 12.8. The molecule has 2 amide bonds. The number of halogens is 4. The van der Waals surface area contributed by atoms with Gasteiger partial charge in [-0.1, -0.05) is 107 Å². The van der Waals surface area contributed by atoms with Gasteiger partial charge >= 0.3 is 15.7 Å². The molecule has 1 atom stereocenters. The highest BCUT2D eigenvalue weighted by Gasteiger charge is 2.30. The molecule has 5 aromatic rings. The Kier molecular flexibility index (Phi) is 14.3. The van der Waals surface area contributed by atoms with Gasteiger partial charge in [-0.05, 0) is 96.3 Å². The Morgan fingerprint density at radius 3 is 2.00 bits per heavy atom. The average Bonchev–Trinajstić information content (AvgIpc) is 3.46. The Morgan fingerprint density at radius 2 is 1.42 bits per heavy atom. The van der Waals surface area contributed by atoms with Crippen LogP contribution < -0.4 is 30.4 Å². The number of carbonyl (C=O) groups is 2. The van der Waals surface area contributed by atoms with E-state index >= 15 is 0 Å². The van der Waals surface area contributed by atoms with E-state index in [9.17, 15) is 22.8 Å². The molecule has 0 aliphatic carbocycles. The zero-order chi connectivity index (χ0) is 44.3. The van der Waals surface area contributed by atoms with Crippen molar-refractivity contribution in [1.82, 2.24) is 9.78 Å². The number of benzene rings is 4. The maximum Gasteiger partial charge on any atom is 0.339 e. The molecule has 320 valence electrons. The first-order chi connectivity index (χ1) is 28.1. The first kappa shape index (κ1) is 46.4. The van der Waals surface area contributed by atoms with Gasteiger partial charge in [-0.25, -0.2) is 4.68 Å². The van der Waals surface area contributed by atoms with Crippen LogP contribution in [-0.4, -0.2) is 36.1 Å². The van der Waals surface area contributed by atoms with E-state index in [1.165, 1.54) is 61.0 Å². The fourth-order valence-corrected chi connectivity index (χ4v) is 8.15. The van der Waals surface area contributed by atoms with Gasteiger partial charge in [0.1, 0.15) is 16.3 Å². The molecule has 1 aromatic heterocycles. The summed E-state index contributed by atoms with van der Waals surface area (Å²) in [5.74, 6) is -1.12. The van der Waals surface area contributed by atoms with Gasteiger partial charge in [0.2, 0.25) is 5.91 Å². The molecule has 5 rings (SSSR count). The molecular formula is C43H47Cl4N5O7S. The van der Waals surface area contributed by atoms with Crippen LogP contribution in [0.15, 0.2) is 82.5 Å². The van der Waals surface area contributed by atoms with Crippen LogP contribution in [0.25, 0.3) is 5.69 Å². The molecule has 4 N–H and O–H groups in total. The van der Waals surface area contributed by atoms with Gasteiger partial charge in [-0.3, -0.25) is 19.5 Å². The number of hydrogen-bond donors (Lipinski definition) is 4. The molecule has 0 spiro atoms. The monoisotopic (exact) mass is 917 g/mol. The number of anilines is 4. The summed E-state index contributed by atoms with van der Waals surface area (Å²) in [6.45, 7) is 16.1. The molecule has 0 fully saturated rings. The predicted octanol–water partition coefficient (Wildman–Crippen LogP) is 11.4. The smallest absolute Gasteiger partial charge is 0.339 e. The third kappa shape index (κ3) is 10.4. The van der Waals surface area contributed by atoms with Gasteiger partial charge in [0.25, 0.3) is 11.7 Å². The fourth-order valence-electron chi connectivity index (χ4n) is 6.06. The molecule has 0 aliphatic rings. The number of amides is 2. The van der Waals surface area contributed by atoms with Crippen LogP contribution in [0, 0.1) is 0 Å². The lowest BCUT2D eigenvalue weighted by Crippen LogP contribution is -2.33. The minimum atomic E-state index is -4.67. The molecular weight excluding hydrogens is 872 g/mol. The summed E-state index contributed by atoms with van der Waals surface area (Å²) >= 11 is 25.7. The summed E-state index contributed by atoms with van der Waals surface area (Å²) in [6.07, 6.45) is 1.29. The largest absolute Gasteiger partial charge is 0.480 e. The number of rotatable bonds is 16. The average molecular weight is 920 g/mol. The fraction of sp³-hybridized carbons (Fsp3) is 0.326. The second-order valence-electron chi connectivity index (χ2n) is 15.4. The Morgan fingerprint density at radius 1 is 0.800 bits per heavy atom. The maximum absolute atomic E-state index is 14.0. The van der Waals surface area contributed by atoms with Crippen LogP contribution in [0.3, 0.4) is 0 Å². The highest BCUT2D eigenvalue weighted by molar-refractivity contribution is 7.87. The number of aromatic nitrogens is 2. The molecule has 0 saturated carbocycles. The van der Waals surface area contributed by atoms with Gasteiger partial charge in [0.15, 0.2) is 11.9 Å². The van der Waals surface area contributed by atoms with Crippen LogP contribution in [0.1, 0.15) is 85.8 Å². The minimum Gasteiger partial charge on any atom is -0.480 e. The van der Waals surface area contributed by atoms with Crippen molar-refractivity contribution >= 4 is 91.2 Å². The number of ether oxygens (including phenoxy) is 1. The lowest BCUT2D eigenvalue weighted by Gasteiger charge is -2.31. The van der Waals surface area contributed by atoms with Crippen LogP contribution in [0.5, 0.6) is 11.5 Å². The lowest BCUT2D eigenvalue weighted by atomic mass is 9.76. The van der Waals surface area contributed by atoms with Crippen LogP contribution in [-0.2, 0) is 30.5 Å². The minimum absolute atomic E-state index is 0.0353. The zero-order valence-electron chi connectivity index (χ0n) is 34.4. The zero-order valence-corrected chi connectivity index (χ0v) is 38.2. The van der Waals surface area contributed by atoms with Gasteiger partial charge < -0.3 is 24.9 Å². The summed E-state index contributed by atoms with van der Waals surface area (Å²) in [7, 11) is -4.67. The molecule has 4 aromatic carbocycles. The number of carbonyl (C=O) groups excluding carboxylic acids is 2. The van der Waals surface area contributed by atoms with Gasteiger partial charge in [0, 0.05) is 28.9 Å².